The molecule has 5 aromatic heterocycles. The lowest BCUT2D eigenvalue weighted by Gasteiger charge is -2.43. The summed E-state index contributed by atoms with van der Waals surface area (Å²) in [5.74, 6) is -1.17. The van der Waals surface area contributed by atoms with Gasteiger partial charge < -0.3 is 77.1 Å². The second kappa shape index (κ2) is 37.7. The van der Waals surface area contributed by atoms with E-state index in [0.29, 0.717) is 120 Å². The standard InChI is InChI=1S/C27H26N6O2S2.C17H18N4O3S.C15H18N2O2S.C13H17N3O.C6H6BrNO2S.2CH4/c28-20-9-8-18(22-7-4-14-36-22)15-21(20)31-24(34)23-16-29-26(37-23)32-12-10-27(11-13-32)25(35)30-17-33(27)19-5-2-1-3-6-19;22-14(23)13-10-18-16(25-13)20-8-6-17(7-9-20)15(24)19-11-21(17)12-4-2-1-3-5-12;1-15(2,3)19-14(18)17-12-7-6-10(9-11(12)16)13-5-4-8-20-13;17-12-13(6-8-14-9-7-13)16(10-15-12)11-4-2-1-3-5-11;1-2-10-5(9)4-3-8-6(7)11-4;;/h1-9,14-16H,10-13,17,28H2,(H,30,35)(H,31,34);1-5,10H,6-9,11H2,(H,19,24)(H,22,23);4-9H,16H2,1-3H3,(H,17,18);1-5,14H,6-10H2,(H,15,17);3H,2H2,1H3;2*1H4. The monoisotopic (exact) mass is 1680 g/mol. The number of ether oxygens (including phenoxy) is 2. The van der Waals surface area contributed by atoms with Gasteiger partial charge in [-0.2, -0.15) is 0 Å². The normalized spacial score (nSPS) is 16.2. The Kier molecular flexibility index (Phi) is 28.3. The zero-order valence-electron chi connectivity index (χ0n) is 60.9. The third-order valence-electron chi connectivity index (χ3n) is 19.3. The van der Waals surface area contributed by atoms with Crippen molar-refractivity contribution in [1.82, 2.24) is 36.2 Å². The Hall–Kier alpha value is -10.5. The maximum absolute atomic E-state index is 13.0. The van der Waals surface area contributed by atoms with Crippen molar-refractivity contribution < 1.29 is 48.1 Å². The molecule has 6 saturated heterocycles. The van der Waals surface area contributed by atoms with Crippen LogP contribution < -0.4 is 67.9 Å². The van der Waals surface area contributed by atoms with Crippen LogP contribution in [-0.4, -0.2) is 150 Å². The molecule has 0 aliphatic carbocycles. The maximum atomic E-state index is 13.0. The van der Waals surface area contributed by atoms with E-state index < -0.39 is 28.7 Å². The van der Waals surface area contributed by atoms with Crippen molar-refractivity contribution in [3.63, 3.8) is 0 Å². The smallest absolute Gasteiger partial charge is 0.412 e. The number of aromatic nitrogens is 3. The number of thiophene rings is 2. The van der Waals surface area contributed by atoms with Gasteiger partial charge in [0.2, 0.25) is 17.7 Å². The lowest BCUT2D eigenvalue weighted by Crippen LogP contribution is -2.56. The molecule has 0 atom stereocenters. The number of hydrogen-bond donors (Lipinski definition) is 9. The average molecular weight is 1680 g/mol. The number of benzene rings is 5. The highest BCUT2D eigenvalue weighted by Gasteiger charge is 2.53. The number of carboxylic acid groups (broad SMARTS) is 1. The number of amides is 5. The van der Waals surface area contributed by atoms with Gasteiger partial charge >= 0.3 is 18.0 Å². The van der Waals surface area contributed by atoms with Gasteiger partial charge in [-0.25, -0.2) is 29.3 Å². The van der Waals surface area contributed by atoms with E-state index in [1.54, 1.807) is 41.9 Å². The number of anilines is 9. The summed E-state index contributed by atoms with van der Waals surface area (Å²) in [6.45, 7) is 13.8. The zero-order valence-corrected chi connectivity index (χ0v) is 66.6. The highest BCUT2D eigenvalue weighted by molar-refractivity contribution is 9.11. The van der Waals surface area contributed by atoms with Gasteiger partial charge in [0.05, 0.1) is 68.0 Å². The summed E-state index contributed by atoms with van der Waals surface area (Å²) in [6, 6.07) is 49.5. The summed E-state index contributed by atoms with van der Waals surface area (Å²) in [7, 11) is 0. The molecule has 0 unspecified atom stereocenters. The first kappa shape index (κ1) is 84.0. The molecule has 5 amide bonds. The summed E-state index contributed by atoms with van der Waals surface area (Å²) in [5, 5.41) is 32.5. The van der Waals surface area contributed by atoms with Crippen LogP contribution >= 0.6 is 72.6 Å². The van der Waals surface area contributed by atoms with Crippen LogP contribution in [0.25, 0.3) is 20.9 Å². The molecule has 0 saturated carbocycles. The third kappa shape index (κ3) is 19.7. The van der Waals surface area contributed by atoms with Crippen LogP contribution in [0.3, 0.4) is 0 Å². The fourth-order valence-electron chi connectivity index (χ4n) is 13.8. The van der Waals surface area contributed by atoms with E-state index in [0.717, 1.165) is 69.0 Å². The molecule has 6 aliphatic rings. The van der Waals surface area contributed by atoms with Gasteiger partial charge in [-0.3, -0.25) is 24.5 Å². The first-order chi connectivity index (χ1) is 53.0. The van der Waals surface area contributed by atoms with Crippen molar-refractivity contribution >= 4 is 164 Å². The maximum Gasteiger partial charge on any atom is 0.412 e. The minimum Gasteiger partial charge on any atom is -0.477 e. The molecule has 590 valence electrons. The molecule has 11 heterocycles. The largest absolute Gasteiger partial charge is 0.477 e. The predicted octanol–water partition coefficient (Wildman–Crippen LogP) is 14.8. The van der Waals surface area contributed by atoms with Crippen LogP contribution in [0, 0.1) is 0 Å². The molecule has 26 nitrogen and oxygen atoms in total. The Morgan fingerprint density at radius 1 is 0.545 bits per heavy atom. The van der Waals surface area contributed by atoms with Crippen molar-refractivity contribution in [2.24, 2.45) is 0 Å². The Bertz CT molecular complexity index is 4810. The highest BCUT2D eigenvalue weighted by Crippen LogP contribution is 2.42. The van der Waals surface area contributed by atoms with E-state index >= 15 is 0 Å². The number of rotatable bonds is 13. The fraction of sp³-hybridized carbons (Fsp3) is 0.325. The molecule has 6 fully saturated rings. The number of halogens is 1. The number of thiazole rings is 3. The minimum atomic E-state index is -0.956. The van der Waals surface area contributed by atoms with Gasteiger partial charge in [0.1, 0.15) is 36.8 Å². The number of nitrogens with one attached hydrogen (secondary N) is 6. The van der Waals surface area contributed by atoms with Gasteiger partial charge in [0.25, 0.3) is 5.91 Å². The SMILES string of the molecule is C.C.CC(C)(C)OC(=O)Nc1ccc(-c2cccs2)cc1N.CCOC(=O)c1cnc(Br)s1.Nc1ccc(-c2cccs2)cc1NC(=O)c1cnc(N2CCC3(CC2)C(=O)NCN3c2ccccc2)s1.O=C(O)c1cnc(N2CCC3(CC2)C(=O)NCN3c2ccccc2)s1.O=C1NCN(c2ccccc2)C12CCNCC2. The average Bonchev–Trinajstić information content (AvgIpc) is 1.48. The van der Waals surface area contributed by atoms with Gasteiger partial charge in [0, 0.05) is 53.0 Å². The molecule has 32 heteroatoms. The van der Waals surface area contributed by atoms with Crippen LogP contribution in [0.5, 0.6) is 0 Å². The van der Waals surface area contributed by atoms with Crippen molar-refractivity contribution in [2.75, 3.05) is 112 Å². The number of hydrogen-bond acceptors (Lipinski definition) is 25. The summed E-state index contributed by atoms with van der Waals surface area (Å²) in [5.41, 5.74) is 17.6. The number of carboxylic acids is 1. The number of piperidine rings is 3. The van der Waals surface area contributed by atoms with Crippen LogP contribution in [-0.2, 0) is 23.9 Å². The first-order valence-corrected chi connectivity index (χ1v) is 40.7. The number of para-hydroxylation sites is 3. The lowest BCUT2D eigenvalue weighted by atomic mass is 9.86. The zero-order chi connectivity index (χ0) is 77.6. The Labute approximate surface area is 680 Å². The summed E-state index contributed by atoms with van der Waals surface area (Å²) in [6.07, 6.45) is 8.47. The molecule has 5 aromatic carbocycles. The molecular weight excluding hydrogens is 1590 g/mol. The molecule has 3 spiro atoms. The van der Waals surface area contributed by atoms with Gasteiger partial charge in [-0.15, -0.1) is 34.0 Å². The lowest BCUT2D eigenvalue weighted by molar-refractivity contribution is -0.125. The molecule has 0 bridgehead atoms. The number of nitrogen functional groups attached to an aromatic ring is 2. The number of nitrogens with zero attached hydrogens (tertiary/aromatic N) is 8. The second-order valence-electron chi connectivity index (χ2n) is 27.3. The number of nitrogens with two attached hydrogens (primary N) is 2. The molecular formula is C80H93BrN16O10S5. The van der Waals surface area contributed by atoms with E-state index in [1.807, 2.05) is 165 Å². The molecule has 11 N–H and O–H groups in total. The molecule has 10 aromatic rings. The van der Waals surface area contributed by atoms with E-state index in [2.05, 4.69) is 99.4 Å². The van der Waals surface area contributed by atoms with Crippen LogP contribution in [0.15, 0.2) is 185 Å². The van der Waals surface area contributed by atoms with Crippen molar-refractivity contribution in [2.45, 2.75) is 103 Å². The fourth-order valence-corrected chi connectivity index (χ4v) is 18.1. The van der Waals surface area contributed by atoms with Gasteiger partial charge in [-0.1, -0.05) is 116 Å². The van der Waals surface area contributed by atoms with E-state index in [4.69, 9.17) is 26.0 Å². The van der Waals surface area contributed by atoms with Crippen LogP contribution in [0.2, 0.25) is 0 Å². The molecule has 6 aliphatic heterocycles. The Balaban J connectivity index is 0.000000156. The molecule has 112 heavy (non-hydrogen) atoms. The third-order valence-corrected chi connectivity index (χ3v) is 24.7. The quantitative estimate of drug-likeness (QED) is 0.0382. The van der Waals surface area contributed by atoms with Crippen molar-refractivity contribution in [3.8, 4) is 20.9 Å². The van der Waals surface area contributed by atoms with E-state index in [1.165, 1.54) is 46.4 Å². The summed E-state index contributed by atoms with van der Waals surface area (Å²) in [4.78, 5) is 111. The van der Waals surface area contributed by atoms with Crippen LogP contribution in [0.4, 0.5) is 54.9 Å². The van der Waals surface area contributed by atoms with E-state index in [9.17, 15) is 33.6 Å². The number of esters is 1. The van der Waals surface area contributed by atoms with Crippen molar-refractivity contribution in [3.05, 3.63) is 200 Å². The second-order valence-corrected chi connectivity index (χ2v) is 33.5. The number of aromatic carboxylic acids is 1. The first-order valence-electron chi connectivity index (χ1n) is 35.7. The molecule has 0 radical (unpaired) electrons. The summed E-state index contributed by atoms with van der Waals surface area (Å²) < 4.78 is 10.6. The molecule has 16 rings (SSSR count). The van der Waals surface area contributed by atoms with Gasteiger partial charge in [-0.05, 0) is 190 Å². The minimum absolute atomic E-state index is 0. The predicted molar refractivity (Wildman–Crippen MR) is 456 cm³/mol. The van der Waals surface area contributed by atoms with E-state index in [-0.39, 0.29) is 54.9 Å². The highest BCUT2D eigenvalue weighted by atomic mass is 79.9. The van der Waals surface area contributed by atoms with Gasteiger partial charge in [0.15, 0.2) is 14.2 Å². The topological polar surface area (TPSA) is 337 Å². The Morgan fingerprint density at radius 2 is 0.991 bits per heavy atom. The van der Waals surface area contributed by atoms with Crippen LogP contribution in [0.1, 0.15) is 110 Å². The summed E-state index contributed by atoms with van der Waals surface area (Å²) >= 11 is 10.2. The Morgan fingerprint density at radius 3 is 1.41 bits per heavy atom. The number of carbonyl (C=O) groups excluding carboxylic acids is 6. The van der Waals surface area contributed by atoms with Crippen molar-refractivity contribution in [1.29, 1.82) is 0 Å². The number of carbonyl (C=O) groups is 7.